The zero-order valence-electron chi connectivity index (χ0n) is 11.5. The SMILES string of the molecule is CCC1(C(=O)O)CCCN1C(=O)c1cc(C)sc1C. The van der Waals surface area contributed by atoms with E-state index in [1.165, 1.54) is 0 Å². The molecule has 0 aromatic carbocycles. The zero-order chi connectivity index (χ0) is 14.2. The Balaban J connectivity index is 2.38. The summed E-state index contributed by atoms with van der Waals surface area (Å²) in [7, 11) is 0. The highest BCUT2D eigenvalue weighted by atomic mass is 32.1. The third-order valence-corrected chi connectivity index (χ3v) is 4.95. The van der Waals surface area contributed by atoms with Crippen LogP contribution < -0.4 is 0 Å². The Morgan fingerprint density at radius 2 is 2.16 bits per heavy atom. The molecule has 104 valence electrons. The van der Waals surface area contributed by atoms with E-state index >= 15 is 0 Å². The Morgan fingerprint density at radius 1 is 1.47 bits per heavy atom. The van der Waals surface area contributed by atoms with Gasteiger partial charge in [-0.15, -0.1) is 11.3 Å². The lowest BCUT2D eigenvalue weighted by Gasteiger charge is -2.33. The van der Waals surface area contributed by atoms with Crippen molar-refractivity contribution in [1.82, 2.24) is 4.90 Å². The number of nitrogens with zero attached hydrogens (tertiary/aromatic N) is 1. The largest absolute Gasteiger partial charge is 0.479 e. The van der Waals surface area contributed by atoms with Gasteiger partial charge < -0.3 is 10.0 Å². The molecule has 1 amide bonds. The molecule has 1 N–H and O–H groups in total. The molecular formula is C14H19NO3S. The van der Waals surface area contributed by atoms with Crippen molar-refractivity contribution in [1.29, 1.82) is 0 Å². The summed E-state index contributed by atoms with van der Waals surface area (Å²) in [5.74, 6) is -1.02. The first-order valence-corrected chi connectivity index (χ1v) is 7.36. The van der Waals surface area contributed by atoms with Crippen LogP contribution >= 0.6 is 11.3 Å². The average molecular weight is 281 g/mol. The molecule has 1 fully saturated rings. The number of likely N-dealkylation sites (tertiary alicyclic amines) is 1. The maximum absolute atomic E-state index is 12.6. The molecule has 1 unspecified atom stereocenters. The molecule has 1 aromatic heterocycles. The summed E-state index contributed by atoms with van der Waals surface area (Å²) >= 11 is 1.58. The first-order valence-electron chi connectivity index (χ1n) is 6.55. The number of hydrogen-bond donors (Lipinski definition) is 1. The molecule has 0 spiro atoms. The van der Waals surface area contributed by atoms with E-state index in [-0.39, 0.29) is 5.91 Å². The van der Waals surface area contributed by atoms with Crippen LogP contribution in [0.4, 0.5) is 0 Å². The lowest BCUT2D eigenvalue weighted by atomic mass is 9.92. The summed E-state index contributed by atoms with van der Waals surface area (Å²) in [6.07, 6.45) is 1.76. The number of thiophene rings is 1. The van der Waals surface area contributed by atoms with Gasteiger partial charge in [0.25, 0.3) is 5.91 Å². The van der Waals surface area contributed by atoms with Gasteiger partial charge in [0.05, 0.1) is 5.56 Å². The molecule has 0 bridgehead atoms. The van der Waals surface area contributed by atoms with E-state index in [1.54, 1.807) is 16.2 Å². The van der Waals surface area contributed by atoms with Crippen molar-refractivity contribution in [2.45, 2.75) is 45.6 Å². The second-order valence-electron chi connectivity index (χ2n) is 5.08. The van der Waals surface area contributed by atoms with Gasteiger partial charge in [-0.25, -0.2) is 4.79 Å². The number of carboxylic acid groups (broad SMARTS) is 1. The maximum atomic E-state index is 12.6. The second kappa shape index (κ2) is 4.96. The van der Waals surface area contributed by atoms with Crippen LogP contribution in [0.2, 0.25) is 0 Å². The highest BCUT2D eigenvalue weighted by molar-refractivity contribution is 7.12. The van der Waals surface area contributed by atoms with Gasteiger partial charge in [0.15, 0.2) is 0 Å². The molecule has 2 rings (SSSR count). The van der Waals surface area contributed by atoms with Crippen molar-refractivity contribution < 1.29 is 14.7 Å². The number of amides is 1. The van der Waals surface area contributed by atoms with Crippen molar-refractivity contribution in [2.24, 2.45) is 0 Å². The fourth-order valence-electron chi connectivity index (χ4n) is 2.90. The van der Waals surface area contributed by atoms with Crippen LogP contribution in [0.5, 0.6) is 0 Å². The fraction of sp³-hybridized carbons (Fsp3) is 0.571. The highest BCUT2D eigenvalue weighted by Crippen LogP contribution is 2.35. The predicted molar refractivity (Wildman–Crippen MR) is 74.7 cm³/mol. The third kappa shape index (κ3) is 2.16. The molecule has 0 radical (unpaired) electrons. The van der Waals surface area contributed by atoms with Crippen molar-refractivity contribution in [2.75, 3.05) is 6.54 Å². The quantitative estimate of drug-likeness (QED) is 0.927. The summed E-state index contributed by atoms with van der Waals surface area (Å²) in [5.41, 5.74) is -0.359. The van der Waals surface area contributed by atoms with Gasteiger partial charge in [-0.05, 0) is 39.2 Å². The standard InChI is InChI=1S/C14H19NO3S/c1-4-14(13(17)18)6-5-7-15(14)12(16)11-8-9(2)19-10(11)3/h8H,4-7H2,1-3H3,(H,17,18). The minimum absolute atomic E-state index is 0.136. The Labute approximate surface area is 117 Å². The van der Waals surface area contributed by atoms with Crippen LogP contribution in [0.1, 0.15) is 46.3 Å². The van der Waals surface area contributed by atoms with Gasteiger partial charge in [0.2, 0.25) is 0 Å². The van der Waals surface area contributed by atoms with Gasteiger partial charge in [0.1, 0.15) is 5.54 Å². The summed E-state index contributed by atoms with van der Waals surface area (Å²) in [6.45, 7) is 6.25. The smallest absolute Gasteiger partial charge is 0.329 e. The molecule has 1 aromatic rings. The molecule has 0 aliphatic carbocycles. The molecule has 4 nitrogen and oxygen atoms in total. The van der Waals surface area contributed by atoms with Gasteiger partial charge in [-0.1, -0.05) is 6.92 Å². The Bertz CT molecular complexity index is 523. The summed E-state index contributed by atoms with van der Waals surface area (Å²) in [5, 5.41) is 9.51. The lowest BCUT2D eigenvalue weighted by Crippen LogP contribution is -2.52. The van der Waals surface area contributed by atoms with Crippen molar-refractivity contribution in [3.63, 3.8) is 0 Å². The average Bonchev–Trinajstić information content (AvgIpc) is 2.92. The molecule has 0 saturated carbocycles. The first-order chi connectivity index (χ1) is 8.92. The Kier molecular flexibility index (Phi) is 3.67. The Hall–Kier alpha value is -1.36. The fourth-order valence-corrected chi connectivity index (χ4v) is 3.82. The molecule has 19 heavy (non-hydrogen) atoms. The van der Waals surface area contributed by atoms with Crippen LogP contribution in [-0.4, -0.2) is 34.0 Å². The molecular weight excluding hydrogens is 262 g/mol. The number of carbonyl (C=O) groups excluding carboxylic acids is 1. The highest BCUT2D eigenvalue weighted by Gasteiger charge is 2.48. The molecule has 2 heterocycles. The van der Waals surface area contributed by atoms with E-state index in [9.17, 15) is 14.7 Å². The van der Waals surface area contributed by atoms with E-state index in [0.717, 1.165) is 16.2 Å². The molecule has 1 saturated heterocycles. The molecule has 1 aliphatic rings. The number of aliphatic carboxylic acids is 1. The van der Waals surface area contributed by atoms with E-state index in [0.29, 0.717) is 24.9 Å². The number of hydrogen-bond acceptors (Lipinski definition) is 3. The summed E-state index contributed by atoms with van der Waals surface area (Å²) < 4.78 is 0. The van der Waals surface area contributed by atoms with Crippen molar-refractivity contribution in [3.8, 4) is 0 Å². The van der Waals surface area contributed by atoms with E-state index in [2.05, 4.69) is 0 Å². The number of carbonyl (C=O) groups is 2. The summed E-state index contributed by atoms with van der Waals surface area (Å²) in [4.78, 5) is 27.8. The van der Waals surface area contributed by atoms with E-state index in [1.807, 2.05) is 26.8 Å². The monoisotopic (exact) mass is 281 g/mol. The van der Waals surface area contributed by atoms with Crippen molar-refractivity contribution in [3.05, 3.63) is 21.4 Å². The van der Waals surface area contributed by atoms with Gasteiger partial charge in [-0.3, -0.25) is 4.79 Å². The minimum atomic E-state index is -1.01. The van der Waals surface area contributed by atoms with Crippen LogP contribution in [0.3, 0.4) is 0 Å². The van der Waals surface area contributed by atoms with Crippen LogP contribution in [-0.2, 0) is 4.79 Å². The van der Waals surface area contributed by atoms with E-state index in [4.69, 9.17) is 0 Å². The third-order valence-electron chi connectivity index (χ3n) is 3.99. The van der Waals surface area contributed by atoms with Gasteiger partial charge in [-0.2, -0.15) is 0 Å². The van der Waals surface area contributed by atoms with Crippen LogP contribution in [0, 0.1) is 13.8 Å². The predicted octanol–water partition coefficient (Wildman–Crippen LogP) is 2.83. The lowest BCUT2D eigenvalue weighted by molar-refractivity contribution is -0.148. The first kappa shape index (κ1) is 14.1. The number of aryl methyl sites for hydroxylation is 2. The molecule has 1 aliphatic heterocycles. The van der Waals surface area contributed by atoms with Crippen LogP contribution in [0.25, 0.3) is 0 Å². The van der Waals surface area contributed by atoms with Crippen LogP contribution in [0.15, 0.2) is 6.07 Å². The van der Waals surface area contributed by atoms with E-state index < -0.39 is 11.5 Å². The topological polar surface area (TPSA) is 57.6 Å². The maximum Gasteiger partial charge on any atom is 0.329 e. The van der Waals surface area contributed by atoms with Gasteiger partial charge in [0, 0.05) is 16.3 Å². The summed E-state index contributed by atoms with van der Waals surface area (Å²) in [6, 6.07) is 1.86. The zero-order valence-corrected chi connectivity index (χ0v) is 12.3. The molecule has 5 heteroatoms. The minimum Gasteiger partial charge on any atom is -0.479 e. The number of rotatable bonds is 3. The van der Waals surface area contributed by atoms with Crippen molar-refractivity contribution >= 4 is 23.2 Å². The van der Waals surface area contributed by atoms with Gasteiger partial charge >= 0.3 is 5.97 Å². The normalized spacial score (nSPS) is 22.8. The molecule has 1 atom stereocenters. The number of carboxylic acids is 1. The second-order valence-corrected chi connectivity index (χ2v) is 6.54. The Morgan fingerprint density at radius 3 is 2.63 bits per heavy atom.